The molecule has 0 atom stereocenters. The van der Waals surface area contributed by atoms with Gasteiger partial charge in [-0.1, -0.05) is 52.3 Å². The summed E-state index contributed by atoms with van der Waals surface area (Å²) in [6, 6.07) is 26.2. The molecular formula is C29H23BrN4O3S. The maximum Gasteiger partial charge on any atom is 0.277 e. The molecule has 2 N–H and O–H groups in total. The van der Waals surface area contributed by atoms with Gasteiger partial charge in [-0.2, -0.15) is 5.10 Å². The van der Waals surface area contributed by atoms with Crippen molar-refractivity contribution < 1.29 is 13.2 Å². The summed E-state index contributed by atoms with van der Waals surface area (Å²) < 4.78 is 26.9. The molecular weight excluding hydrogens is 564 g/mol. The second-order valence-electron chi connectivity index (χ2n) is 9.35. The maximum absolute atomic E-state index is 13.8. The molecule has 0 radical (unpaired) electrons. The average Bonchev–Trinajstić information content (AvgIpc) is 3.50. The molecule has 1 aromatic heterocycles. The summed E-state index contributed by atoms with van der Waals surface area (Å²) in [4.78, 5) is 15.7. The van der Waals surface area contributed by atoms with Crippen LogP contribution in [-0.2, 0) is 16.4 Å². The van der Waals surface area contributed by atoms with Crippen molar-refractivity contribution in [2.24, 2.45) is 5.14 Å². The van der Waals surface area contributed by atoms with Gasteiger partial charge in [-0.15, -0.1) is 0 Å². The summed E-state index contributed by atoms with van der Waals surface area (Å²) in [5.41, 5.74) is 5.10. The number of aromatic nitrogens is 2. The fourth-order valence-corrected chi connectivity index (χ4v) is 6.20. The molecule has 0 spiro atoms. The number of rotatable bonds is 4. The lowest BCUT2D eigenvalue weighted by atomic mass is 10.0. The number of nitrogens with two attached hydrogens (primary N) is 1. The Morgan fingerprint density at radius 1 is 0.947 bits per heavy atom. The van der Waals surface area contributed by atoms with Crippen molar-refractivity contribution in [3.8, 4) is 16.8 Å². The topological polar surface area (TPSA) is 98.3 Å². The number of anilines is 1. The Hall–Kier alpha value is -3.79. The zero-order chi connectivity index (χ0) is 26.6. The summed E-state index contributed by atoms with van der Waals surface area (Å²) in [7, 11) is -3.88. The maximum atomic E-state index is 13.8. The smallest absolute Gasteiger partial charge is 0.277 e. The number of fused-ring (bicyclic) bond motifs is 2. The molecule has 4 aromatic carbocycles. The lowest BCUT2D eigenvalue weighted by molar-refractivity contribution is 0.0982. The van der Waals surface area contributed by atoms with E-state index in [1.54, 1.807) is 27.8 Å². The highest BCUT2D eigenvalue weighted by atomic mass is 79.9. The highest BCUT2D eigenvalue weighted by Gasteiger charge is 2.29. The van der Waals surface area contributed by atoms with E-state index in [1.807, 2.05) is 61.5 Å². The van der Waals surface area contributed by atoms with Crippen molar-refractivity contribution in [1.82, 2.24) is 9.78 Å². The third-order valence-corrected chi connectivity index (χ3v) is 8.27. The summed E-state index contributed by atoms with van der Waals surface area (Å²) in [5.74, 6) is -0.141. The monoisotopic (exact) mass is 586 g/mol. The lowest BCUT2D eigenvalue weighted by Crippen LogP contribution is -2.30. The molecule has 2 heterocycles. The van der Waals surface area contributed by atoms with Gasteiger partial charge in [-0.25, -0.2) is 18.2 Å². The quantitative estimate of drug-likeness (QED) is 0.296. The van der Waals surface area contributed by atoms with Crippen LogP contribution >= 0.6 is 15.9 Å². The van der Waals surface area contributed by atoms with Gasteiger partial charge >= 0.3 is 0 Å². The van der Waals surface area contributed by atoms with E-state index < -0.39 is 10.0 Å². The van der Waals surface area contributed by atoms with Gasteiger partial charge < -0.3 is 4.90 Å². The van der Waals surface area contributed by atoms with Crippen LogP contribution in [0.3, 0.4) is 0 Å². The standard InChI is InChI=1S/C29H23BrN4O3S/c1-18-14-27(34(32-18)24-10-7-19-16-23(30)9-6-20(19)17-24)29(35)33-13-12-22-15-21(8-11-26(22)33)25-4-2-3-5-28(25)38(31,36)37/h2-11,14-17H,12-13H2,1H3,(H2,31,36,37). The Balaban J connectivity index is 1.36. The molecule has 0 fully saturated rings. The van der Waals surface area contributed by atoms with Crippen LogP contribution in [0.5, 0.6) is 0 Å². The van der Waals surface area contributed by atoms with Gasteiger partial charge in [0.1, 0.15) is 5.69 Å². The number of aryl methyl sites for hydroxylation is 1. The molecule has 1 aliphatic heterocycles. The van der Waals surface area contributed by atoms with Crippen LogP contribution in [0.2, 0.25) is 0 Å². The first-order valence-corrected chi connectivity index (χ1v) is 14.4. The van der Waals surface area contributed by atoms with Crippen molar-refractivity contribution in [3.05, 3.63) is 106 Å². The van der Waals surface area contributed by atoms with Crippen LogP contribution < -0.4 is 10.0 Å². The number of halogens is 1. The molecule has 7 nitrogen and oxygen atoms in total. The molecule has 0 aliphatic carbocycles. The Bertz CT molecular complexity index is 1860. The van der Waals surface area contributed by atoms with Crippen molar-refractivity contribution in [2.45, 2.75) is 18.2 Å². The van der Waals surface area contributed by atoms with Gasteiger partial charge in [-0.3, -0.25) is 4.79 Å². The molecule has 9 heteroatoms. The number of carbonyl (C=O) groups is 1. The van der Waals surface area contributed by atoms with Crippen LogP contribution in [-0.4, -0.2) is 30.7 Å². The summed E-state index contributed by atoms with van der Waals surface area (Å²) in [6.45, 7) is 2.39. The van der Waals surface area contributed by atoms with Gasteiger partial charge in [0.25, 0.3) is 5.91 Å². The molecule has 1 aliphatic rings. The number of primary sulfonamides is 1. The van der Waals surface area contributed by atoms with E-state index in [9.17, 15) is 13.2 Å². The van der Waals surface area contributed by atoms with E-state index in [1.165, 1.54) is 6.07 Å². The number of amides is 1. The summed E-state index contributed by atoms with van der Waals surface area (Å²) in [5, 5.41) is 12.2. The number of nitrogens with zero attached hydrogens (tertiary/aromatic N) is 3. The normalized spacial score (nSPS) is 13.2. The highest BCUT2D eigenvalue weighted by Crippen LogP contribution is 2.35. The van der Waals surface area contributed by atoms with Crippen molar-refractivity contribution in [1.29, 1.82) is 0 Å². The van der Waals surface area contributed by atoms with Gasteiger partial charge in [0.05, 0.1) is 16.3 Å². The van der Waals surface area contributed by atoms with E-state index in [2.05, 4.69) is 27.1 Å². The fourth-order valence-electron chi connectivity index (χ4n) is 5.06. The number of carbonyl (C=O) groups excluding carboxylic acids is 1. The second kappa shape index (κ2) is 9.20. The van der Waals surface area contributed by atoms with Crippen molar-refractivity contribution >= 4 is 48.3 Å². The first kappa shape index (κ1) is 24.5. The third-order valence-electron chi connectivity index (χ3n) is 6.81. The Morgan fingerprint density at radius 2 is 1.71 bits per heavy atom. The predicted octanol–water partition coefficient (Wildman–Crippen LogP) is 5.61. The molecule has 0 saturated heterocycles. The van der Waals surface area contributed by atoms with Crippen LogP contribution in [0.1, 0.15) is 21.7 Å². The predicted molar refractivity (Wildman–Crippen MR) is 152 cm³/mol. The molecule has 38 heavy (non-hydrogen) atoms. The average molecular weight is 587 g/mol. The summed E-state index contributed by atoms with van der Waals surface area (Å²) >= 11 is 3.51. The minimum Gasteiger partial charge on any atom is -0.306 e. The Morgan fingerprint density at radius 3 is 2.53 bits per heavy atom. The largest absolute Gasteiger partial charge is 0.306 e. The molecule has 0 saturated carbocycles. The minimum atomic E-state index is -3.88. The highest BCUT2D eigenvalue weighted by molar-refractivity contribution is 9.10. The molecule has 6 rings (SSSR count). The third kappa shape index (κ3) is 4.32. The van der Waals surface area contributed by atoms with Gasteiger partial charge in [0.15, 0.2) is 0 Å². The number of hydrogen-bond donors (Lipinski definition) is 1. The van der Waals surface area contributed by atoms with Crippen LogP contribution in [0, 0.1) is 6.92 Å². The van der Waals surface area contributed by atoms with E-state index >= 15 is 0 Å². The Labute approximate surface area is 228 Å². The Kier molecular flexibility index (Phi) is 5.94. The van der Waals surface area contributed by atoms with E-state index in [-0.39, 0.29) is 10.8 Å². The van der Waals surface area contributed by atoms with Crippen molar-refractivity contribution in [3.63, 3.8) is 0 Å². The van der Waals surface area contributed by atoms with Gasteiger partial charge in [-0.05, 0) is 83.8 Å². The second-order valence-corrected chi connectivity index (χ2v) is 11.8. The van der Waals surface area contributed by atoms with Gasteiger partial charge in [0.2, 0.25) is 10.0 Å². The first-order valence-electron chi connectivity index (χ1n) is 12.0. The molecule has 5 aromatic rings. The number of sulfonamides is 1. The molecule has 0 unspecified atom stereocenters. The van der Waals surface area contributed by atoms with Crippen LogP contribution in [0.4, 0.5) is 5.69 Å². The lowest BCUT2D eigenvalue weighted by Gasteiger charge is -2.19. The molecule has 190 valence electrons. The SMILES string of the molecule is Cc1cc(C(=O)N2CCc3cc(-c4ccccc4S(N)(=O)=O)ccc32)n(-c2ccc3cc(Br)ccc3c2)n1. The molecule has 1 amide bonds. The summed E-state index contributed by atoms with van der Waals surface area (Å²) in [6.07, 6.45) is 0.657. The zero-order valence-electron chi connectivity index (χ0n) is 20.4. The number of benzene rings is 4. The van der Waals surface area contributed by atoms with Gasteiger partial charge in [0, 0.05) is 22.3 Å². The number of hydrogen-bond acceptors (Lipinski definition) is 4. The van der Waals surface area contributed by atoms with E-state index in [4.69, 9.17) is 5.14 Å². The fraction of sp³-hybridized carbons (Fsp3) is 0.103. The van der Waals surface area contributed by atoms with Crippen LogP contribution in [0.25, 0.3) is 27.6 Å². The van der Waals surface area contributed by atoms with E-state index in [0.717, 1.165) is 43.4 Å². The molecule has 0 bridgehead atoms. The first-order chi connectivity index (χ1) is 18.2. The zero-order valence-corrected chi connectivity index (χ0v) is 22.8. The van der Waals surface area contributed by atoms with Crippen molar-refractivity contribution in [2.75, 3.05) is 11.4 Å². The minimum absolute atomic E-state index is 0.0769. The van der Waals surface area contributed by atoms with Crippen LogP contribution in [0.15, 0.2) is 94.3 Å². The van der Waals surface area contributed by atoms with E-state index in [0.29, 0.717) is 24.2 Å².